The molecule has 5 heterocycles. The van der Waals surface area contributed by atoms with E-state index in [1.165, 1.54) is 38.9 Å². The topological polar surface area (TPSA) is 60.6 Å². The maximum Gasteiger partial charge on any atom is 0.183 e. The monoisotopic (exact) mass is 629 g/mol. The molecule has 230 valence electrons. The minimum Gasteiger partial charge on any atom is -0.461 e. The lowest BCUT2D eigenvalue weighted by atomic mass is 9.71. The van der Waals surface area contributed by atoms with Gasteiger partial charge in [0.05, 0.1) is 28.5 Å². The van der Waals surface area contributed by atoms with Crippen molar-refractivity contribution in [2.45, 2.75) is 12.3 Å². The Morgan fingerprint density at radius 3 is 2.06 bits per heavy atom. The van der Waals surface area contributed by atoms with Gasteiger partial charge in [-0.3, -0.25) is 8.80 Å². The van der Waals surface area contributed by atoms with E-state index in [1.54, 1.807) is 18.5 Å². The third kappa shape index (κ3) is 3.14. The molecule has 0 aliphatic heterocycles. The molecule has 2 aliphatic rings. The van der Waals surface area contributed by atoms with Gasteiger partial charge in [-0.2, -0.15) is 0 Å². The first kappa shape index (κ1) is 26.5. The van der Waals surface area contributed by atoms with E-state index < -0.39 is 5.41 Å². The summed E-state index contributed by atoms with van der Waals surface area (Å²) in [6.45, 7) is 5.82. The summed E-state index contributed by atoms with van der Waals surface area (Å²) in [6, 6.07) is 35.3. The normalized spacial score (nSPS) is 14.0. The molecule has 0 saturated carbocycles. The Morgan fingerprint density at radius 1 is 0.694 bits per heavy atom. The Morgan fingerprint density at radius 2 is 1.35 bits per heavy atom. The molecule has 0 radical (unpaired) electrons. The molecule has 1 spiro atoms. The zero-order valence-corrected chi connectivity index (χ0v) is 26.6. The van der Waals surface area contributed by atoms with Crippen LogP contribution in [0.3, 0.4) is 0 Å². The first-order valence-electron chi connectivity index (χ1n) is 16.5. The number of fused-ring (bicyclic) bond motifs is 18. The van der Waals surface area contributed by atoms with Crippen LogP contribution >= 0.6 is 0 Å². The zero-order chi connectivity index (χ0) is 32.4. The summed E-state index contributed by atoms with van der Waals surface area (Å²) in [5, 5.41) is 1.06. The predicted molar refractivity (Wildman–Crippen MR) is 195 cm³/mol. The number of furan rings is 1. The van der Waals surface area contributed by atoms with Crippen molar-refractivity contribution < 1.29 is 4.42 Å². The van der Waals surface area contributed by atoms with Crippen LogP contribution in [0.25, 0.3) is 73.1 Å². The van der Waals surface area contributed by atoms with Crippen LogP contribution < -0.4 is 0 Å². The van der Waals surface area contributed by atoms with Gasteiger partial charge < -0.3 is 4.42 Å². The molecule has 11 rings (SSSR count). The summed E-state index contributed by atoms with van der Waals surface area (Å²) in [4.78, 5) is 15.1. The van der Waals surface area contributed by atoms with Crippen molar-refractivity contribution in [2.24, 2.45) is 0 Å². The van der Waals surface area contributed by atoms with Gasteiger partial charge in [0.1, 0.15) is 11.3 Å². The second-order valence-corrected chi connectivity index (χ2v) is 12.9. The smallest absolute Gasteiger partial charge is 0.183 e. The highest BCUT2D eigenvalue weighted by Gasteiger charge is 2.53. The van der Waals surface area contributed by atoms with Crippen LogP contribution in [0.4, 0.5) is 0 Å². The molecule has 6 nitrogen and oxygen atoms in total. The van der Waals surface area contributed by atoms with E-state index in [9.17, 15) is 0 Å². The standard InChI is InChI=1S/C43H27N5O/c1-3-4-11-27-25(2)49-38-22-26(18-19-30(27)38)37-24-46-40-36-23-35-39(47(36)41-42(48(37)40)45-21-20-44-41)31-14-7-10-17-34(31)43(35)32-15-8-5-12-28(32)29-13-6-9-16-33(29)43/h3-24H,1H2,2H3/b11-4-. The summed E-state index contributed by atoms with van der Waals surface area (Å²) in [5.74, 6) is 0.869. The Bertz CT molecular complexity index is 2890. The number of aryl methyl sites for hydroxylation is 1. The van der Waals surface area contributed by atoms with Gasteiger partial charge in [-0.15, -0.1) is 0 Å². The van der Waals surface area contributed by atoms with Crippen LogP contribution in [0.2, 0.25) is 0 Å². The third-order valence-electron chi connectivity index (χ3n) is 10.6. The molecular weight excluding hydrogens is 603 g/mol. The van der Waals surface area contributed by atoms with Crippen molar-refractivity contribution in [1.82, 2.24) is 23.8 Å². The Kier molecular flexibility index (Phi) is 5.03. The molecule has 0 unspecified atom stereocenters. The van der Waals surface area contributed by atoms with Crippen molar-refractivity contribution in [1.29, 1.82) is 0 Å². The first-order valence-corrected chi connectivity index (χ1v) is 16.5. The fraction of sp³-hybridized carbons (Fsp3) is 0.0465. The van der Waals surface area contributed by atoms with Gasteiger partial charge in [0.15, 0.2) is 16.9 Å². The van der Waals surface area contributed by atoms with Crippen molar-refractivity contribution >= 4 is 39.5 Å². The summed E-state index contributed by atoms with van der Waals surface area (Å²) in [7, 11) is 0. The van der Waals surface area contributed by atoms with E-state index in [4.69, 9.17) is 19.4 Å². The van der Waals surface area contributed by atoms with Crippen LogP contribution in [0.1, 0.15) is 33.6 Å². The second-order valence-electron chi connectivity index (χ2n) is 12.9. The van der Waals surface area contributed by atoms with Crippen molar-refractivity contribution in [3.05, 3.63) is 168 Å². The molecule has 6 heteroatoms. The van der Waals surface area contributed by atoms with Gasteiger partial charge in [0.2, 0.25) is 0 Å². The van der Waals surface area contributed by atoms with E-state index in [2.05, 4.69) is 112 Å². The van der Waals surface area contributed by atoms with Crippen LogP contribution in [0.5, 0.6) is 0 Å². The molecule has 0 atom stereocenters. The molecule has 0 saturated heterocycles. The van der Waals surface area contributed by atoms with Gasteiger partial charge in [0.25, 0.3) is 0 Å². The lowest BCUT2D eigenvalue weighted by Crippen LogP contribution is -2.25. The molecule has 49 heavy (non-hydrogen) atoms. The lowest BCUT2D eigenvalue weighted by Gasteiger charge is -2.29. The molecular formula is C43H27N5O. The highest BCUT2D eigenvalue weighted by atomic mass is 16.3. The summed E-state index contributed by atoms with van der Waals surface area (Å²) >= 11 is 0. The number of imidazole rings is 1. The summed E-state index contributed by atoms with van der Waals surface area (Å²) in [5.41, 5.74) is 16.7. The maximum absolute atomic E-state index is 6.24. The van der Waals surface area contributed by atoms with E-state index >= 15 is 0 Å². The molecule has 5 aromatic heterocycles. The largest absolute Gasteiger partial charge is 0.461 e. The van der Waals surface area contributed by atoms with Gasteiger partial charge in [-0.05, 0) is 58.5 Å². The van der Waals surface area contributed by atoms with Crippen molar-refractivity contribution in [2.75, 3.05) is 0 Å². The fourth-order valence-corrected chi connectivity index (χ4v) is 8.78. The lowest BCUT2D eigenvalue weighted by molar-refractivity contribution is 0.577. The zero-order valence-electron chi connectivity index (χ0n) is 26.6. The fourth-order valence-electron chi connectivity index (χ4n) is 8.78. The number of hydrogen-bond donors (Lipinski definition) is 0. The van der Waals surface area contributed by atoms with E-state index in [0.29, 0.717) is 0 Å². The van der Waals surface area contributed by atoms with Crippen LogP contribution in [-0.2, 0) is 5.41 Å². The average molecular weight is 630 g/mol. The Labute approximate surface area is 281 Å². The van der Waals surface area contributed by atoms with Gasteiger partial charge in [-0.1, -0.05) is 104 Å². The number of benzene rings is 4. The quantitative estimate of drug-likeness (QED) is 0.183. The molecule has 9 aromatic rings. The minimum atomic E-state index is -0.466. The highest BCUT2D eigenvalue weighted by Crippen LogP contribution is 2.63. The molecule has 0 amide bonds. The highest BCUT2D eigenvalue weighted by molar-refractivity contribution is 6.00. The number of nitrogens with zero attached hydrogens (tertiary/aromatic N) is 5. The molecule has 0 fully saturated rings. The number of hydrogen-bond acceptors (Lipinski definition) is 4. The molecule has 0 bridgehead atoms. The predicted octanol–water partition coefficient (Wildman–Crippen LogP) is 9.79. The maximum atomic E-state index is 6.24. The third-order valence-corrected chi connectivity index (χ3v) is 10.6. The van der Waals surface area contributed by atoms with Gasteiger partial charge in [-0.25, -0.2) is 15.0 Å². The van der Waals surface area contributed by atoms with Gasteiger partial charge >= 0.3 is 0 Å². The molecule has 0 N–H and O–H groups in total. The van der Waals surface area contributed by atoms with Crippen LogP contribution in [0.15, 0.2) is 139 Å². The average Bonchev–Trinajstić information content (AvgIpc) is 3.94. The van der Waals surface area contributed by atoms with E-state index in [1.807, 2.05) is 25.3 Å². The number of aromatic nitrogens is 5. The second kappa shape index (κ2) is 9.30. The van der Waals surface area contributed by atoms with E-state index in [0.717, 1.165) is 61.7 Å². The molecule has 4 aromatic carbocycles. The molecule has 2 aliphatic carbocycles. The SMILES string of the molecule is C=C/C=C\c1c(C)oc2cc(-c3cnc4c5cc6c(n5c5nccnc5n34)-c3ccccc3C63c4ccccc4-c4ccccc43)ccc12. The van der Waals surface area contributed by atoms with Crippen LogP contribution in [0, 0.1) is 6.92 Å². The minimum absolute atomic E-state index is 0.466. The Hall–Kier alpha value is -6.53. The first-order chi connectivity index (χ1) is 24.2. The van der Waals surface area contributed by atoms with Crippen molar-refractivity contribution in [3.8, 4) is 33.6 Å². The summed E-state index contributed by atoms with van der Waals surface area (Å²) in [6.07, 6.45) is 11.2. The summed E-state index contributed by atoms with van der Waals surface area (Å²) < 4.78 is 10.7. The van der Waals surface area contributed by atoms with E-state index in [-0.39, 0.29) is 0 Å². The van der Waals surface area contributed by atoms with Gasteiger partial charge in [0, 0.05) is 34.5 Å². The van der Waals surface area contributed by atoms with Crippen LogP contribution in [-0.4, -0.2) is 23.8 Å². The number of rotatable bonds is 3. The number of allylic oxidation sites excluding steroid dienone is 2. The van der Waals surface area contributed by atoms with Crippen molar-refractivity contribution in [3.63, 3.8) is 0 Å². The Balaban J connectivity index is 1.25.